The van der Waals surface area contributed by atoms with Crippen molar-refractivity contribution in [2.75, 3.05) is 7.05 Å². The summed E-state index contributed by atoms with van der Waals surface area (Å²) in [6.07, 6.45) is 10.3. The van der Waals surface area contributed by atoms with Gasteiger partial charge in [-0.15, -0.1) is 0 Å². The van der Waals surface area contributed by atoms with Gasteiger partial charge in [-0.1, -0.05) is 20.8 Å². The van der Waals surface area contributed by atoms with Crippen molar-refractivity contribution in [1.29, 1.82) is 0 Å². The molecule has 1 amide bonds. The van der Waals surface area contributed by atoms with Crippen molar-refractivity contribution in [1.82, 2.24) is 4.90 Å². The van der Waals surface area contributed by atoms with E-state index in [-0.39, 0.29) is 0 Å². The predicted octanol–water partition coefficient (Wildman–Crippen LogP) is 4.49. The van der Waals surface area contributed by atoms with Crippen molar-refractivity contribution in [3.8, 4) is 0 Å². The smallest absolute Gasteiger partial charge is 0.222 e. The number of amides is 1. The molecule has 3 aliphatic carbocycles. The fourth-order valence-corrected chi connectivity index (χ4v) is 7.41. The predicted molar refractivity (Wildman–Crippen MR) is 89.3 cm³/mol. The first-order valence-corrected chi connectivity index (χ1v) is 9.63. The summed E-state index contributed by atoms with van der Waals surface area (Å²) in [4.78, 5) is 14.3. The average Bonchev–Trinajstić information content (AvgIpc) is 2.79. The van der Waals surface area contributed by atoms with E-state index in [0.717, 1.165) is 36.5 Å². The number of hydrogen-bond donors (Lipinski definition) is 0. The van der Waals surface area contributed by atoms with Crippen LogP contribution in [0.25, 0.3) is 0 Å². The second kappa shape index (κ2) is 4.74. The summed E-state index contributed by atoms with van der Waals surface area (Å²) in [5.74, 6) is 4.06. The zero-order valence-corrected chi connectivity index (χ0v) is 14.9. The molecule has 124 valence electrons. The Bertz CT molecular complexity index is 488. The van der Waals surface area contributed by atoms with Crippen LogP contribution in [0.5, 0.6) is 0 Å². The molecule has 0 aromatic carbocycles. The molecule has 0 spiro atoms. The monoisotopic (exact) mass is 303 g/mol. The number of hydrogen-bond acceptors (Lipinski definition) is 1. The Morgan fingerprint density at radius 3 is 2.45 bits per heavy atom. The Kier molecular flexibility index (Phi) is 3.24. The van der Waals surface area contributed by atoms with E-state index < -0.39 is 0 Å². The van der Waals surface area contributed by atoms with Gasteiger partial charge in [0.15, 0.2) is 0 Å². The highest BCUT2D eigenvalue weighted by molar-refractivity contribution is 5.77. The first-order valence-electron chi connectivity index (χ1n) is 9.63. The first kappa shape index (κ1) is 15.0. The fraction of sp³-hybridized carbons (Fsp3) is 0.950. The van der Waals surface area contributed by atoms with E-state index in [4.69, 9.17) is 0 Å². The van der Waals surface area contributed by atoms with Gasteiger partial charge in [0.2, 0.25) is 5.91 Å². The highest BCUT2D eigenvalue weighted by Gasteiger charge is 2.60. The van der Waals surface area contributed by atoms with Gasteiger partial charge in [-0.05, 0) is 79.4 Å². The maximum atomic E-state index is 12.2. The van der Waals surface area contributed by atoms with E-state index in [1.807, 2.05) is 0 Å². The summed E-state index contributed by atoms with van der Waals surface area (Å²) in [6, 6.07) is 0.512. The lowest BCUT2D eigenvalue weighted by atomic mass is 9.47. The third-order valence-corrected chi connectivity index (χ3v) is 9.03. The van der Waals surface area contributed by atoms with E-state index in [2.05, 4.69) is 32.7 Å². The molecule has 3 saturated carbocycles. The third kappa shape index (κ3) is 1.76. The number of rotatable bonds is 0. The second-order valence-corrected chi connectivity index (χ2v) is 9.50. The van der Waals surface area contributed by atoms with Crippen LogP contribution in [0.2, 0.25) is 0 Å². The van der Waals surface area contributed by atoms with Crippen LogP contribution < -0.4 is 0 Å². The zero-order chi connectivity index (χ0) is 15.7. The molecule has 1 heterocycles. The summed E-state index contributed by atoms with van der Waals surface area (Å²) in [7, 11) is 2.06. The Balaban J connectivity index is 1.65. The van der Waals surface area contributed by atoms with E-state index >= 15 is 0 Å². The van der Waals surface area contributed by atoms with E-state index in [1.165, 1.54) is 38.5 Å². The summed E-state index contributed by atoms with van der Waals surface area (Å²) < 4.78 is 0. The van der Waals surface area contributed by atoms with Gasteiger partial charge in [-0.2, -0.15) is 0 Å². The van der Waals surface area contributed by atoms with Gasteiger partial charge >= 0.3 is 0 Å². The van der Waals surface area contributed by atoms with Crippen LogP contribution in [-0.4, -0.2) is 23.9 Å². The van der Waals surface area contributed by atoms with E-state index in [9.17, 15) is 4.79 Å². The summed E-state index contributed by atoms with van der Waals surface area (Å²) in [5.41, 5.74) is 0.999. The molecule has 1 saturated heterocycles. The van der Waals surface area contributed by atoms with Gasteiger partial charge in [0.1, 0.15) is 0 Å². The van der Waals surface area contributed by atoms with Crippen LogP contribution in [0.3, 0.4) is 0 Å². The van der Waals surface area contributed by atoms with Crippen LogP contribution in [-0.2, 0) is 4.79 Å². The van der Waals surface area contributed by atoms with Crippen LogP contribution >= 0.6 is 0 Å². The minimum Gasteiger partial charge on any atom is -0.342 e. The Morgan fingerprint density at radius 1 is 0.955 bits per heavy atom. The lowest BCUT2D eigenvalue weighted by molar-refractivity contribution is -0.158. The van der Waals surface area contributed by atoms with Gasteiger partial charge in [-0.3, -0.25) is 4.79 Å². The topological polar surface area (TPSA) is 20.3 Å². The van der Waals surface area contributed by atoms with Gasteiger partial charge in [0.25, 0.3) is 0 Å². The minimum absolute atomic E-state index is 0.385. The highest BCUT2D eigenvalue weighted by atomic mass is 16.2. The first-order chi connectivity index (χ1) is 10.4. The molecule has 1 aliphatic heterocycles. The van der Waals surface area contributed by atoms with Gasteiger partial charge < -0.3 is 4.90 Å². The summed E-state index contributed by atoms with van der Waals surface area (Å²) in [5, 5.41) is 0. The number of fused-ring (bicyclic) bond motifs is 5. The lowest BCUT2D eigenvalue weighted by Crippen LogP contribution is -2.61. The number of carbonyl (C=O) groups is 1. The molecule has 2 heteroatoms. The molecule has 0 bridgehead atoms. The van der Waals surface area contributed by atoms with Crippen LogP contribution in [0, 0.1) is 34.5 Å². The van der Waals surface area contributed by atoms with Crippen molar-refractivity contribution in [2.24, 2.45) is 34.5 Å². The Hall–Kier alpha value is -0.530. The number of carbonyl (C=O) groups excluding carboxylic acids is 1. The molecular formula is C20H33NO. The molecule has 7 atom stereocenters. The maximum Gasteiger partial charge on any atom is 0.222 e. The van der Waals surface area contributed by atoms with Crippen molar-refractivity contribution in [2.45, 2.75) is 78.2 Å². The lowest BCUT2D eigenvalue weighted by Gasteiger charge is -2.61. The zero-order valence-electron chi connectivity index (χ0n) is 14.9. The maximum absolute atomic E-state index is 12.2. The van der Waals surface area contributed by atoms with Crippen molar-refractivity contribution >= 4 is 5.91 Å². The second-order valence-electron chi connectivity index (χ2n) is 9.50. The number of nitrogens with zero attached hydrogens (tertiary/aromatic N) is 1. The molecule has 0 aromatic heterocycles. The van der Waals surface area contributed by atoms with Crippen LogP contribution in [0.1, 0.15) is 72.1 Å². The molecule has 4 aliphatic rings. The largest absolute Gasteiger partial charge is 0.342 e. The molecule has 5 unspecified atom stereocenters. The number of likely N-dealkylation sites (tertiary alicyclic amines) is 1. The molecule has 0 aromatic rings. The van der Waals surface area contributed by atoms with Crippen molar-refractivity contribution < 1.29 is 4.79 Å². The molecular weight excluding hydrogens is 270 g/mol. The summed E-state index contributed by atoms with van der Waals surface area (Å²) >= 11 is 0. The third-order valence-electron chi connectivity index (χ3n) is 9.03. The van der Waals surface area contributed by atoms with Crippen molar-refractivity contribution in [3.63, 3.8) is 0 Å². The quantitative estimate of drug-likeness (QED) is 0.646. The average molecular weight is 303 g/mol. The fourth-order valence-electron chi connectivity index (χ4n) is 7.41. The van der Waals surface area contributed by atoms with Gasteiger partial charge in [0, 0.05) is 19.5 Å². The highest BCUT2D eigenvalue weighted by Crippen LogP contribution is 2.65. The minimum atomic E-state index is 0.385. The Morgan fingerprint density at radius 2 is 1.68 bits per heavy atom. The van der Waals surface area contributed by atoms with Gasteiger partial charge in [-0.25, -0.2) is 0 Å². The SMILES string of the molecule is CC1CCC2C3CCC4N(C)C(=O)CC[C@]4(C)C3CC[C@]12C. The van der Waals surface area contributed by atoms with E-state index in [0.29, 0.717) is 22.8 Å². The molecule has 4 rings (SSSR count). The van der Waals surface area contributed by atoms with Gasteiger partial charge in [0.05, 0.1) is 0 Å². The molecule has 0 radical (unpaired) electrons. The molecule has 22 heavy (non-hydrogen) atoms. The standard InChI is InChI=1S/C20H33NO/c1-13-5-7-15-14-6-8-17-20(3,12-10-18(22)21(17)4)16(14)9-11-19(13,15)2/h13-17H,5-12H2,1-4H3/t13?,14?,15?,16?,17?,19-,20-/m1/s1. The normalized spacial score (nSPS) is 54.6. The molecule has 2 nitrogen and oxygen atoms in total. The van der Waals surface area contributed by atoms with E-state index in [1.54, 1.807) is 0 Å². The Labute approximate surface area is 136 Å². The molecule has 0 N–H and O–H groups in total. The van der Waals surface area contributed by atoms with Crippen LogP contribution in [0.4, 0.5) is 0 Å². The molecule has 4 fully saturated rings. The van der Waals surface area contributed by atoms with Crippen molar-refractivity contribution in [3.05, 3.63) is 0 Å². The number of piperidine rings is 1. The van der Waals surface area contributed by atoms with Crippen LogP contribution in [0.15, 0.2) is 0 Å². The summed E-state index contributed by atoms with van der Waals surface area (Å²) in [6.45, 7) is 7.62.